The number of hydrogen-bond acceptors (Lipinski definition) is 3. The van der Waals surface area contributed by atoms with Gasteiger partial charge in [0.05, 0.1) is 11.0 Å². The number of piperidine rings is 1. The highest BCUT2D eigenvalue weighted by Crippen LogP contribution is 2.41. The normalized spacial score (nSPS) is 23.0. The zero-order valence-electron chi connectivity index (χ0n) is 14.5. The molecular weight excluding hydrogens is 351 g/mol. The predicted octanol–water partition coefficient (Wildman–Crippen LogP) is 3.54. The lowest BCUT2D eigenvalue weighted by Gasteiger charge is -2.39. The molecule has 0 saturated carbocycles. The Morgan fingerprint density at radius 1 is 1.19 bits per heavy atom. The second kappa shape index (κ2) is 6.83. The van der Waals surface area contributed by atoms with E-state index in [4.69, 9.17) is 0 Å². The average Bonchev–Trinajstić information content (AvgIpc) is 3.31. The Morgan fingerprint density at radius 2 is 2.04 bits per heavy atom. The summed E-state index contributed by atoms with van der Waals surface area (Å²) in [7, 11) is 0. The van der Waals surface area contributed by atoms with Gasteiger partial charge in [0, 0.05) is 37.1 Å². The van der Waals surface area contributed by atoms with Crippen LogP contribution in [0.1, 0.15) is 35.2 Å². The molecule has 2 aliphatic heterocycles. The second-order valence-corrected chi connectivity index (χ2v) is 7.97. The molecule has 2 amide bonds. The quantitative estimate of drug-likeness (QED) is 0.827. The lowest BCUT2D eigenvalue weighted by Crippen LogP contribution is -2.50. The van der Waals surface area contributed by atoms with E-state index < -0.39 is 5.41 Å². The summed E-state index contributed by atoms with van der Waals surface area (Å²) in [5.74, 6) is -0.213. The Balaban J connectivity index is 1.49. The maximum atomic E-state index is 14.0. The molecule has 1 spiro atoms. The molecule has 0 bridgehead atoms. The maximum Gasteiger partial charge on any atom is 0.254 e. The van der Waals surface area contributed by atoms with E-state index in [0.29, 0.717) is 43.7 Å². The monoisotopic (exact) mass is 372 g/mol. The molecule has 4 rings (SSSR count). The minimum absolute atomic E-state index is 0.00199. The first kappa shape index (κ1) is 17.2. The molecule has 1 aromatic heterocycles. The molecule has 0 aliphatic carbocycles. The highest BCUT2D eigenvalue weighted by atomic mass is 32.1. The van der Waals surface area contributed by atoms with Crippen molar-refractivity contribution in [1.82, 2.24) is 9.80 Å². The van der Waals surface area contributed by atoms with Gasteiger partial charge in [-0.3, -0.25) is 9.59 Å². The largest absolute Gasteiger partial charge is 0.338 e. The molecule has 2 saturated heterocycles. The topological polar surface area (TPSA) is 40.6 Å². The summed E-state index contributed by atoms with van der Waals surface area (Å²) in [6.45, 7) is 2.02. The third-order valence-corrected chi connectivity index (χ3v) is 6.24. The SMILES string of the molecule is O=C(c1ccsc1)N1CC[C@@]2(CCCN(Cc3ccccc3F)C2=O)C1. The Labute approximate surface area is 156 Å². The molecule has 0 radical (unpaired) electrons. The number of carbonyl (C=O) groups is 2. The molecule has 4 nitrogen and oxygen atoms in total. The highest BCUT2D eigenvalue weighted by molar-refractivity contribution is 7.08. The number of benzene rings is 1. The first-order chi connectivity index (χ1) is 12.6. The fraction of sp³-hybridized carbons (Fsp3) is 0.400. The molecule has 136 valence electrons. The van der Waals surface area contributed by atoms with Crippen LogP contribution in [-0.4, -0.2) is 41.2 Å². The van der Waals surface area contributed by atoms with Crippen molar-refractivity contribution in [2.75, 3.05) is 19.6 Å². The van der Waals surface area contributed by atoms with Crippen LogP contribution in [0.15, 0.2) is 41.1 Å². The van der Waals surface area contributed by atoms with Crippen LogP contribution in [0.3, 0.4) is 0 Å². The fourth-order valence-corrected chi connectivity index (χ4v) is 4.76. The van der Waals surface area contributed by atoms with Gasteiger partial charge in [0.25, 0.3) is 5.91 Å². The zero-order chi connectivity index (χ0) is 18.1. The number of thiophene rings is 1. The number of amides is 2. The Kier molecular flexibility index (Phi) is 4.53. The van der Waals surface area contributed by atoms with Gasteiger partial charge in [-0.2, -0.15) is 11.3 Å². The van der Waals surface area contributed by atoms with Crippen molar-refractivity contribution in [1.29, 1.82) is 0 Å². The highest BCUT2D eigenvalue weighted by Gasteiger charge is 2.49. The minimum atomic E-state index is -0.505. The molecule has 0 unspecified atom stereocenters. The number of rotatable bonds is 3. The van der Waals surface area contributed by atoms with Crippen molar-refractivity contribution in [2.45, 2.75) is 25.8 Å². The molecule has 6 heteroatoms. The van der Waals surface area contributed by atoms with E-state index in [1.807, 2.05) is 16.8 Å². The molecule has 26 heavy (non-hydrogen) atoms. The van der Waals surface area contributed by atoms with Gasteiger partial charge in [0.15, 0.2) is 0 Å². The smallest absolute Gasteiger partial charge is 0.254 e. The van der Waals surface area contributed by atoms with Crippen LogP contribution in [0, 0.1) is 11.2 Å². The lowest BCUT2D eigenvalue weighted by atomic mass is 9.78. The van der Waals surface area contributed by atoms with Gasteiger partial charge in [0.2, 0.25) is 5.91 Å². The van der Waals surface area contributed by atoms with Crippen molar-refractivity contribution in [3.8, 4) is 0 Å². The van der Waals surface area contributed by atoms with E-state index in [0.717, 1.165) is 12.8 Å². The summed E-state index contributed by atoms with van der Waals surface area (Å²) in [6, 6.07) is 8.43. The summed E-state index contributed by atoms with van der Waals surface area (Å²) >= 11 is 1.50. The molecular formula is C20H21FN2O2S. The summed E-state index contributed by atoms with van der Waals surface area (Å²) in [4.78, 5) is 29.4. The number of halogens is 1. The summed E-state index contributed by atoms with van der Waals surface area (Å²) in [5.41, 5.74) is 0.732. The van der Waals surface area contributed by atoms with E-state index in [-0.39, 0.29) is 17.6 Å². The third-order valence-electron chi connectivity index (χ3n) is 5.55. The van der Waals surface area contributed by atoms with Crippen molar-refractivity contribution in [3.63, 3.8) is 0 Å². The van der Waals surface area contributed by atoms with Crippen LogP contribution >= 0.6 is 11.3 Å². The van der Waals surface area contributed by atoms with Crippen molar-refractivity contribution >= 4 is 23.2 Å². The maximum absolute atomic E-state index is 14.0. The number of likely N-dealkylation sites (tertiary alicyclic amines) is 2. The number of hydrogen-bond donors (Lipinski definition) is 0. The Hall–Kier alpha value is -2.21. The summed E-state index contributed by atoms with van der Waals surface area (Å²) < 4.78 is 14.0. The second-order valence-electron chi connectivity index (χ2n) is 7.19. The Morgan fingerprint density at radius 3 is 2.81 bits per heavy atom. The van der Waals surface area contributed by atoms with Gasteiger partial charge >= 0.3 is 0 Å². The summed E-state index contributed by atoms with van der Waals surface area (Å²) in [6.07, 6.45) is 2.38. The van der Waals surface area contributed by atoms with E-state index in [1.165, 1.54) is 17.4 Å². The molecule has 0 N–H and O–H groups in total. The van der Waals surface area contributed by atoms with Crippen molar-refractivity contribution < 1.29 is 14.0 Å². The van der Waals surface area contributed by atoms with Gasteiger partial charge in [-0.1, -0.05) is 18.2 Å². The van der Waals surface area contributed by atoms with Gasteiger partial charge in [0.1, 0.15) is 5.82 Å². The molecule has 2 fully saturated rings. The molecule has 3 heterocycles. The van der Waals surface area contributed by atoms with Gasteiger partial charge in [-0.05, 0) is 36.8 Å². The number of carbonyl (C=O) groups excluding carboxylic acids is 2. The van der Waals surface area contributed by atoms with Crippen LogP contribution in [0.5, 0.6) is 0 Å². The van der Waals surface area contributed by atoms with Crippen LogP contribution in [0.25, 0.3) is 0 Å². The van der Waals surface area contributed by atoms with Crippen molar-refractivity contribution in [3.05, 3.63) is 58.0 Å². The van der Waals surface area contributed by atoms with Gasteiger partial charge in [-0.25, -0.2) is 4.39 Å². The number of nitrogens with zero attached hydrogens (tertiary/aromatic N) is 2. The molecule has 2 aliphatic rings. The fourth-order valence-electron chi connectivity index (χ4n) is 4.13. The summed E-state index contributed by atoms with van der Waals surface area (Å²) in [5, 5.41) is 3.74. The van der Waals surface area contributed by atoms with Gasteiger partial charge < -0.3 is 9.80 Å². The van der Waals surface area contributed by atoms with Crippen LogP contribution in [-0.2, 0) is 11.3 Å². The molecule has 1 aromatic carbocycles. The minimum Gasteiger partial charge on any atom is -0.338 e. The average molecular weight is 372 g/mol. The first-order valence-corrected chi connectivity index (χ1v) is 9.88. The lowest BCUT2D eigenvalue weighted by molar-refractivity contribution is -0.146. The predicted molar refractivity (Wildman–Crippen MR) is 98.3 cm³/mol. The molecule has 2 aromatic rings. The van der Waals surface area contributed by atoms with E-state index in [1.54, 1.807) is 28.0 Å². The third kappa shape index (κ3) is 3.03. The van der Waals surface area contributed by atoms with Crippen LogP contribution < -0.4 is 0 Å². The van der Waals surface area contributed by atoms with Gasteiger partial charge in [-0.15, -0.1) is 0 Å². The standard InChI is InChI=1S/C20H21FN2O2S/c21-17-5-2-1-4-15(17)12-22-9-3-7-20(19(22)25)8-10-23(14-20)18(24)16-6-11-26-13-16/h1-2,4-6,11,13H,3,7-10,12,14H2/t20-/m0/s1. The van der Waals surface area contributed by atoms with E-state index in [9.17, 15) is 14.0 Å². The Bertz CT molecular complexity index is 823. The van der Waals surface area contributed by atoms with Crippen molar-refractivity contribution in [2.24, 2.45) is 5.41 Å². The molecule has 1 atom stereocenters. The van der Waals surface area contributed by atoms with E-state index >= 15 is 0 Å². The van der Waals surface area contributed by atoms with Crippen LogP contribution in [0.2, 0.25) is 0 Å². The first-order valence-electron chi connectivity index (χ1n) is 8.93. The zero-order valence-corrected chi connectivity index (χ0v) is 15.3. The van der Waals surface area contributed by atoms with Crippen LogP contribution in [0.4, 0.5) is 4.39 Å². The van der Waals surface area contributed by atoms with E-state index in [2.05, 4.69) is 0 Å².